The molecule has 2 aliphatic heterocycles. The number of rotatable bonds is 4. The Hall–Kier alpha value is -0.700. The number of hydrogen-bond donors (Lipinski definition) is 2. The number of sulfone groups is 1. The molecule has 3 N–H and O–H groups in total. The van der Waals surface area contributed by atoms with Gasteiger partial charge in [-0.1, -0.05) is 0 Å². The van der Waals surface area contributed by atoms with Crippen molar-refractivity contribution in [2.24, 2.45) is 5.73 Å². The Balaban J connectivity index is 1.82. The van der Waals surface area contributed by atoms with Crippen LogP contribution < -0.4 is 11.1 Å². The zero-order valence-electron chi connectivity index (χ0n) is 11.9. The quantitative estimate of drug-likeness (QED) is 0.616. The molecule has 0 saturated carbocycles. The predicted molar refractivity (Wildman–Crippen MR) is 77.1 cm³/mol. The zero-order valence-corrected chi connectivity index (χ0v) is 12.7. The van der Waals surface area contributed by atoms with Crippen molar-refractivity contribution in [3.05, 3.63) is 0 Å². The zero-order chi connectivity index (χ0) is 14.8. The standard InChI is InChI=1S/C12H24N4O3S/c1-15-3-4-16(11(6-13)7-15)8-12(17)14-10-2-5-20(18,19)9-10/h10-11H,2-9,13H2,1H3,(H,14,17). The SMILES string of the molecule is CN1CCN(CC(=O)NC2CCS(=O)(=O)C2)C(CN)C1. The Morgan fingerprint density at radius 2 is 2.15 bits per heavy atom. The molecule has 0 aliphatic carbocycles. The van der Waals surface area contributed by atoms with Gasteiger partial charge in [0, 0.05) is 38.3 Å². The fraction of sp³-hybridized carbons (Fsp3) is 0.917. The lowest BCUT2D eigenvalue weighted by Gasteiger charge is -2.39. The van der Waals surface area contributed by atoms with E-state index < -0.39 is 9.84 Å². The maximum absolute atomic E-state index is 12.0. The van der Waals surface area contributed by atoms with Gasteiger partial charge in [0.2, 0.25) is 5.91 Å². The predicted octanol–water partition coefficient (Wildman–Crippen LogP) is -2.14. The molecule has 2 aliphatic rings. The molecule has 2 atom stereocenters. The van der Waals surface area contributed by atoms with Gasteiger partial charge >= 0.3 is 0 Å². The Kier molecular flexibility index (Phi) is 5.00. The Morgan fingerprint density at radius 3 is 2.75 bits per heavy atom. The van der Waals surface area contributed by atoms with Crippen molar-refractivity contribution in [1.29, 1.82) is 0 Å². The average Bonchev–Trinajstić information content (AvgIpc) is 2.70. The van der Waals surface area contributed by atoms with Gasteiger partial charge in [-0.3, -0.25) is 9.69 Å². The lowest BCUT2D eigenvalue weighted by molar-refractivity contribution is -0.123. The molecule has 116 valence electrons. The molecule has 1 amide bonds. The average molecular weight is 304 g/mol. The van der Waals surface area contributed by atoms with Crippen LogP contribution >= 0.6 is 0 Å². The van der Waals surface area contributed by atoms with Gasteiger partial charge in [0.1, 0.15) is 0 Å². The first-order valence-electron chi connectivity index (χ1n) is 7.02. The fourth-order valence-corrected chi connectivity index (χ4v) is 4.52. The molecule has 2 fully saturated rings. The summed E-state index contributed by atoms with van der Waals surface area (Å²) in [4.78, 5) is 16.3. The molecule has 0 radical (unpaired) electrons. The number of nitrogens with one attached hydrogen (secondary N) is 1. The van der Waals surface area contributed by atoms with Gasteiger partial charge in [-0.05, 0) is 13.5 Å². The monoisotopic (exact) mass is 304 g/mol. The number of nitrogens with two attached hydrogens (primary N) is 1. The van der Waals surface area contributed by atoms with Crippen LogP contribution in [-0.4, -0.2) is 87.5 Å². The molecule has 7 nitrogen and oxygen atoms in total. The van der Waals surface area contributed by atoms with Crippen LogP contribution in [0.3, 0.4) is 0 Å². The number of carbonyl (C=O) groups is 1. The highest BCUT2D eigenvalue weighted by Gasteiger charge is 2.30. The summed E-state index contributed by atoms with van der Waals surface area (Å²) >= 11 is 0. The number of piperazine rings is 1. The minimum absolute atomic E-state index is 0.0712. The van der Waals surface area contributed by atoms with E-state index in [1.165, 1.54) is 0 Å². The first-order chi connectivity index (χ1) is 9.39. The van der Waals surface area contributed by atoms with Crippen LogP contribution in [0.1, 0.15) is 6.42 Å². The second kappa shape index (κ2) is 6.38. The number of likely N-dealkylation sites (N-methyl/N-ethyl adjacent to an activating group) is 1. The summed E-state index contributed by atoms with van der Waals surface area (Å²) in [6.45, 7) is 3.42. The van der Waals surface area contributed by atoms with Gasteiger partial charge in [0.25, 0.3) is 0 Å². The maximum Gasteiger partial charge on any atom is 0.234 e. The minimum atomic E-state index is -2.95. The third-order valence-electron chi connectivity index (χ3n) is 4.02. The Bertz CT molecular complexity index is 454. The Labute approximate surface area is 120 Å². The van der Waals surface area contributed by atoms with Crippen molar-refractivity contribution in [1.82, 2.24) is 15.1 Å². The van der Waals surface area contributed by atoms with Crippen LogP contribution in [-0.2, 0) is 14.6 Å². The number of nitrogens with zero attached hydrogens (tertiary/aromatic N) is 2. The highest BCUT2D eigenvalue weighted by Crippen LogP contribution is 2.12. The van der Waals surface area contributed by atoms with Gasteiger partial charge in [-0.25, -0.2) is 8.42 Å². The number of amides is 1. The van der Waals surface area contributed by atoms with E-state index in [0.29, 0.717) is 19.5 Å². The van der Waals surface area contributed by atoms with E-state index in [1.54, 1.807) is 0 Å². The van der Waals surface area contributed by atoms with Crippen molar-refractivity contribution in [3.8, 4) is 0 Å². The van der Waals surface area contributed by atoms with Crippen LogP contribution in [0.25, 0.3) is 0 Å². The second-order valence-corrected chi connectivity index (χ2v) is 8.02. The summed E-state index contributed by atoms with van der Waals surface area (Å²) in [7, 11) is -0.907. The molecule has 0 bridgehead atoms. The molecule has 0 aromatic rings. The number of hydrogen-bond acceptors (Lipinski definition) is 6. The Morgan fingerprint density at radius 1 is 1.40 bits per heavy atom. The van der Waals surface area contributed by atoms with E-state index in [9.17, 15) is 13.2 Å². The molecule has 0 spiro atoms. The van der Waals surface area contributed by atoms with Crippen molar-refractivity contribution in [2.75, 3.05) is 51.3 Å². The molecular formula is C12H24N4O3S. The first kappa shape index (κ1) is 15.7. The van der Waals surface area contributed by atoms with Crippen LogP contribution in [0.4, 0.5) is 0 Å². The van der Waals surface area contributed by atoms with Gasteiger partial charge in [-0.15, -0.1) is 0 Å². The van der Waals surface area contributed by atoms with E-state index in [1.807, 2.05) is 7.05 Å². The molecule has 0 aromatic carbocycles. The van der Waals surface area contributed by atoms with E-state index in [4.69, 9.17) is 5.73 Å². The van der Waals surface area contributed by atoms with Crippen LogP contribution in [0, 0.1) is 0 Å². The van der Waals surface area contributed by atoms with Gasteiger partial charge in [0.15, 0.2) is 9.84 Å². The highest BCUT2D eigenvalue weighted by atomic mass is 32.2. The molecule has 0 aromatic heterocycles. The normalized spacial score (nSPS) is 31.3. The summed E-state index contributed by atoms with van der Waals surface area (Å²) in [6, 6.07) is -0.0388. The fourth-order valence-electron chi connectivity index (χ4n) is 2.85. The summed E-state index contributed by atoms with van der Waals surface area (Å²) in [5.41, 5.74) is 5.75. The summed E-state index contributed by atoms with van der Waals surface area (Å²) in [5, 5.41) is 2.82. The lowest BCUT2D eigenvalue weighted by atomic mass is 10.1. The topological polar surface area (TPSA) is 95.7 Å². The van der Waals surface area contributed by atoms with Crippen LogP contribution in [0.5, 0.6) is 0 Å². The third-order valence-corrected chi connectivity index (χ3v) is 5.79. The van der Waals surface area contributed by atoms with E-state index >= 15 is 0 Å². The largest absolute Gasteiger partial charge is 0.351 e. The molecule has 2 unspecified atom stereocenters. The van der Waals surface area contributed by atoms with Crippen molar-refractivity contribution >= 4 is 15.7 Å². The van der Waals surface area contributed by atoms with Crippen LogP contribution in [0.2, 0.25) is 0 Å². The van der Waals surface area contributed by atoms with Crippen molar-refractivity contribution in [2.45, 2.75) is 18.5 Å². The molecule has 2 heterocycles. The van der Waals surface area contributed by atoms with Gasteiger partial charge < -0.3 is 16.0 Å². The van der Waals surface area contributed by atoms with Gasteiger partial charge in [-0.2, -0.15) is 0 Å². The molecule has 8 heteroatoms. The molecule has 2 rings (SSSR count). The lowest BCUT2D eigenvalue weighted by Crippen LogP contribution is -2.57. The highest BCUT2D eigenvalue weighted by molar-refractivity contribution is 7.91. The van der Waals surface area contributed by atoms with E-state index in [-0.39, 0.29) is 29.5 Å². The second-order valence-electron chi connectivity index (χ2n) is 5.79. The molecule has 20 heavy (non-hydrogen) atoms. The van der Waals surface area contributed by atoms with Crippen molar-refractivity contribution in [3.63, 3.8) is 0 Å². The van der Waals surface area contributed by atoms with Crippen molar-refractivity contribution < 1.29 is 13.2 Å². The van der Waals surface area contributed by atoms with E-state index in [2.05, 4.69) is 15.1 Å². The maximum atomic E-state index is 12.0. The molecule has 2 saturated heterocycles. The summed E-state index contributed by atoms with van der Waals surface area (Å²) < 4.78 is 22.7. The van der Waals surface area contributed by atoms with Crippen LogP contribution in [0.15, 0.2) is 0 Å². The minimum Gasteiger partial charge on any atom is -0.351 e. The summed E-state index contributed by atoms with van der Waals surface area (Å²) in [5.74, 6) is 0.148. The number of carbonyl (C=O) groups excluding carboxylic acids is 1. The summed E-state index contributed by atoms with van der Waals surface area (Å²) in [6.07, 6.45) is 0.525. The first-order valence-corrected chi connectivity index (χ1v) is 8.84. The third kappa shape index (κ3) is 4.15. The van der Waals surface area contributed by atoms with E-state index in [0.717, 1.165) is 19.6 Å². The molecular weight excluding hydrogens is 280 g/mol. The smallest absolute Gasteiger partial charge is 0.234 e. The van der Waals surface area contributed by atoms with Gasteiger partial charge in [0.05, 0.1) is 18.1 Å².